The number of carbonyl (C=O) groups excluding carboxylic acids is 1. The minimum Gasteiger partial charge on any atom is -0.310 e. The zero-order chi connectivity index (χ0) is 21.8. The van der Waals surface area contributed by atoms with Crippen LogP contribution >= 0.6 is 11.6 Å². The van der Waals surface area contributed by atoms with Gasteiger partial charge in [0.25, 0.3) is 0 Å². The fourth-order valence-electron chi connectivity index (χ4n) is 3.59. The standard InChI is InChI=1S/C26H24ClN3O/c1-3-23(19-7-5-4-6-8-19)26(31)28-25-17-24(20-11-13-21(27)14-12-20)29-30(25)22-15-9-18(2)10-16-22/h4-17,23H,3H2,1-2H3,(H,28,31)/t23-/m1/s1. The monoisotopic (exact) mass is 429 g/mol. The molecule has 5 heteroatoms. The number of hydrogen-bond donors (Lipinski definition) is 1. The lowest BCUT2D eigenvalue weighted by Crippen LogP contribution is -2.22. The van der Waals surface area contributed by atoms with E-state index in [-0.39, 0.29) is 11.8 Å². The van der Waals surface area contributed by atoms with Gasteiger partial charge in [-0.15, -0.1) is 0 Å². The molecular weight excluding hydrogens is 406 g/mol. The molecule has 0 spiro atoms. The van der Waals surface area contributed by atoms with Crippen LogP contribution in [0.15, 0.2) is 84.9 Å². The van der Waals surface area contributed by atoms with E-state index in [1.807, 2.05) is 98.8 Å². The molecule has 0 radical (unpaired) electrons. The molecule has 1 aromatic heterocycles. The summed E-state index contributed by atoms with van der Waals surface area (Å²) in [5, 5.41) is 8.56. The highest BCUT2D eigenvalue weighted by molar-refractivity contribution is 6.30. The van der Waals surface area contributed by atoms with Crippen molar-refractivity contribution in [3.05, 3.63) is 101 Å². The third kappa shape index (κ3) is 4.70. The lowest BCUT2D eigenvalue weighted by atomic mass is 9.96. The van der Waals surface area contributed by atoms with Gasteiger partial charge in [0.05, 0.1) is 17.3 Å². The predicted octanol–water partition coefficient (Wildman–Crippen LogP) is 6.63. The topological polar surface area (TPSA) is 46.9 Å². The molecule has 31 heavy (non-hydrogen) atoms. The van der Waals surface area contributed by atoms with E-state index in [2.05, 4.69) is 5.32 Å². The first kappa shape index (κ1) is 20.9. The summed E-state index contributed by atoms with van der Waals surface area (Å²) in [6.45, 7) is 4.06. The van der Waals surface area contributed by atoms with E-state index in [0.717, 1.165) is 28.1 Å². The normalized spacial score (nSPS) is 11.8. The number of halogens is 1. The summed E-state index contributed by atoms with van der Waals surface area (Å²) in [5.41, 5.74) is 4.74. The van der Waals surface area contributed by atoms with Gasteiger partial charge in [0.1, 0.15) is 5.82 Å². The van der Waals surface area contributed by atoms with Gasteiger partial charge in [-0.25, -0.2) is 4.68 Å². The number of aromatic nitrogens is 2. The highest BCUT2D eigenvalue weighted by atomic mass is 35.5. The summed E-state index contributed by atoms with van der Waals surface area (Å²) in [4.78, 5) is 13.2. The number of aryl methyl sites for hydroxylation is 1. The maximum absolute atomic E-state index is 13.2. The van der Waals surface area contributed by atoms with Crippen molar-refractivity contribution >= 4 is 23.3 Å². The fraction of sp³-hybridized carbons (Fsp3) is 0.154. The Morgan fingerprint density at radius 2 is 1.68 bits per heavy atom. The van der Waals surface area contributed by atoms with Gasteiger partial charge >= 0.3 is 0 Å². The molecule has 0 fully saturated rings. The van der Waals surface area contributed by atoms with Crippen LogP contribution in [-0.4, -0.2) is 15.7 Å². The molecule has 4 rings (SSSR count). The Kier molecular flexibility index (Phi) is 6.19. The highest BCUT2D eigenvalue weighted by Crippen LogP contribution is 2.28. The smallest absolute Gasteiger partial charge is 0.233 e. The van der Waals surface area contributed by atoms with E-state index in [4.69, 9.17) is 16.7 Å². The quantitative estimate of drug-likeness (QED) is 0.373. The first-order valence-electron chi connectivity index (χ1n) is 10.3. The van der Waals surface area contributed by atoms with Crippen LogP contribution < -0.4 is 5.32 Å². The maximum atomic E-state index is 13.2. The van der Waals surface area contributed by atoms with Crippen molar-refractivity contribution in [1.29, 1.82) is 0 Å². The number of hydrogen-bond acceptors (Lipinski definition) is 2. The second kappa shape index (κ2) is 9.19. The average molecular weight is 430 g/mol. The van der Waals surface area contributed by atoms with Crippen LogP contribution in [0.3, 0.4) is 0 Å². The van der Waals surface area contributed by atoms with Crippen molar-refractivity contribution in [2.24, 2.45) is 0 Å². The molecule has 1 N–H and O–H groups in total. The van der Waals surface area contributed by atoms with E-state index < -0.39 is 0 Å². The molecule has 4 aromatic rings. The number of amides is 1. The number of nitrogens with one attached hydrogen (secondary N) is 1. The molecule has 0 saturated heterocycles. The Morgan fingerprint density at radius 1 is 1.00 bits per heavy atom. The molecule has 4 nitrogen and oxygen atoms in total. The minimum absolute atomic E-state index is 0.0513. The maximum Gasteiger partial charge on any atom is 0.233 e. The van der Waals surface area contributed by atoms with Gasteiger partial charge in [0.15, 0.2) is 0 Å². The zero-order valence-electron chi connectivity index (χ0n) is 17.5. The first-order valence-corrected chi connectivity index (χ1v) is 10.7. The Balaban J connectivity index is 1.71. The van der Waals surface area contributed by atoms with Crippen molar-refractivity contribution in [2.45, 2.75) is 26.2 Å². The molecule has 0 aliphatic carbocycles. The van der Waals surface area contributed by atoms with Crippen molar-refractivity contribution in [3.63, 3.8) is 0 Å². The third-order valence-corrected chi connectivity index (χ3v) is 5.56. The van der Waals surface area contributed by atoms with Crippen LogP contribution in [0.1, 0.15) is 30.4 Å². The number of anilines is 1. The molecule has 0 aliphatic heterocycles. The largest absolute Gasteiger partial charge is 0.310 e. The number of benzene rings is 3. The van der Waals surface area contributed by atoms with Crippen LogP contribution in [0, 0.1) is 6.92 Å². The van der Waals surface area contributed by atoms with E-state index in [0.29, 0.717) is 17.3 Å². The fourth-order valence-corrected chi connectivity index (χ4v) is 3.71. The van der Waals surface area contributed by atoms with E-state index in [9.17, 15) is 4.79 Å². The molecule has 0 unspecified atom stereocenters. The van der Waals surface area contributed by atoms with Gasteiger partial charge in [0.2, 0.25) is 5.91 Å². The van der Waals surface area contributed by atoms with Crippen LogP contribution in [0.5, 0.6) is 0 Å². The molecule has 1 atom stereocenters. The minimum atomic E-state index is -0.235. The molecule has 0 aliphatic rings. The van der Waals surface area contributed by atoms with Crippen LogP contribution in [0.2, 0.25) is 5.02 Å². The Bertz CT molecular complexity index is 1170. The van der Waals surface area contributed by atoms with Crippen molar-refractivity contribution in [3.8, 4) is 16.9 Å². The van der Waals surface area contributed by atoms with Gasteiger partial charge in [-0.1, -0.05) is 78.7 Å². The van der Waals surface area contributed by atoms with Gasteiger partial charge in [-0.05, 0) is 43.2 Å². The number of rotatable bonds is 6. The highest BCUT2D eigenvalue weighted by Gasteiger charge is 2.21. The molecule has 3 aromatic carbocycles. The van der Waals surface area contributed by atoms with Crippen molar-refractivity contribution in [1.82, 2.24) is 9.78 Å². The lowest BCUT2D eigenvalue weighted by molar-refractivity contribution is -0.117. The summed E-state index contributed by atoms with van der Waals surface area (Å²) < 4.78 is 1.78. The van der Waals surface area contributed by atoms with Gasteiger partial charge in [-0.3, -0.25) is 4.79 Å². The lowest BCUT2D eigenvalue weighted by Gasteiger charge is -2.16. The average Bonchev–Trinajstić information content (AvgIpc) is 3.19. The summed E-state index contributed by atoms with van der Waals surface area (Å²) >= 11 is 6.04. The summed E-state index contributed by atoms with van der Waals surface area (Å²) in [5.74, 6) is 0.347. The molecular formula is C26H24ClN3O. The molecule has 156 valence electrons. The summed E-state index contributed by atoms with van der Waals surface area (Å²) in [6, 6.07) is 27.3. The second-order valence-electron chi connectivity index (χ2n) is 7.53. The van der Waals surface area contributed by atoms with Crippen molar-refractivity contribution in [2.75, 3.05) is 5.32 Å². The molecule has 0 bridgehead atoms. The SMILES string of the molecule is CC[C@@H](C(=O)Nc1cc(-c2ccc(Cl)cc2)nn1-c1ccc(C)cc1)c1ccccc1. The Labute approximate surface area is 187 Å². The molecule has 1 amide bonds. The zero-order valence-corrected chi connectivity index (χ0v) is 18.3. The van der Waals surface area contributed by atoms with E-state index >= 15 is 0 Å². The third-order valence-electron chi connectivity index (χ3n) is 5.31. The van der Waals surface area contributed by atoms with Crippen LogP contribution in [0.25, 0.3) is 16.9 Å². The van der Waals surface area contributed by atoms with E-state index in [1.165, 1.54) is 0 Å². The predicted molar refractivity (Wildman–Crippen MR) is 127 cm³/mol. The Morgan fingerprint density at radius 3 is 2.32 bits per heavy atom. The first-order chi connectivity index (χ1) is 15.0. The van der Waals surface area contributed by atoms with Gasteiger partial charge in [-0.2, -0.15) is 5.10 Å². The second-order valence-corrected chi connectivity index (χ2v) is 7.97. The number of nitrogens with zero attached hydrogens (tertiary/aromatic N) is 2. The van der Waals surface area contributed by atoms with Gasteiger partial charge < -0.3 is 5.32 Å². The van der Waals surface area contributed by atoms with Crippen molar-refractivity contribution < 1.29 is 4.79 Å². The van der Waals surface area contributed by atoms with Crippen LogP contribution in [-0.2, 0) is 4.79 Å². The number of carbonyl (C=O) groups is 1. The van der Waals surface area contributed by atoms with Crippen LogP contribution in [0.4, 0.5) is 5.82 Å². The molecule has 0 saturated carbocycles. The molecule has 1 heterocycles. The van der Waals surface area contributed by atoms with E-state index in [1.54, 1.807) is 4.68 Å². The Hall–Kier alpha value is -3.37. The van der Waals surface area contributed by atoms with Gasteiger partial charge in [0, 0.05) is 16.7 Å². The summed E-state index contributed by atoms with van der Waals surface area (Å²) in [7, 11) is 0. The summed E-state index contributed by atoms with van der Waals surface area (Å²) in [6.07, 6.45) is 0.707.